The third-order valence-corrected chi connectivity index (χ3v) is 7.75. The second-order valence-corrected chi connectivity index (χ2v) is 10.6. The number of ether oxygens (including phenoxy) is 1. The van der Waals surface area contributed by atoms with E-state index in [-0.39, 0.29) is 11.3 Å². The van der Waals surface area contributed by atoms with E-state index in [0.29, 0.717) is 43.1 Å². The molecule has 0 atom stereocenters. The number of nitrogens with one attached hydrogen (secondary N) is 1. The summed E-state index contributed by atoms with van der Waals surface area (Å²) in [4.78, 5) is 21.3. The Morgan fingerprint density at radius 2 is 1.82 bits per heavy atom. The summed E-state index contributed by atoms with van der Waals surface area (Å²) in [6.45, 7) is 1.00. The van der Waals surface area contributed by atoms with Crippen LogP contribution in [0.4, 0.5) is 10.1 Å². The molecule has 0 bridgehead atoms. The van der Waals surface area contributed by atoms with Crippen molar-refractivity contribution in [1.29, 1.82) is 0 Å². The molecule has 1 aliphatic heterocycles. The molecule has 0 aliphatic carbocycles. The monoisotopic (exact) mass is 555 g/mol. The SMILES string of the molecule is O=C(O)c1ccc(N2CCC(F)(Cc3ccccc3-c3ccc(Cl)cc3)CC2)cc1Oc1cnc2[nH]ccc2c1. The van der Waals surface area contributed by atoms with Gasteiger partial charge in [-0.25, -0.2) is 14.2 Å². The van der Waals surface area contributed by atoms with Crippen molar-refractivity contribution in [3.05, 3.63) is 107 Å². The molecular weight excluding hydrogens is 529 g/mol. The summed E-state index contributed by atoms with van der Waals surface area (Å²) in [7, 11) is 0. The highest BCUT2D eigenvalue weighted by Gasteiger charge is 2.35. The van der Waals surface area contributed by atoms with E-state index >= 15 is 4.39 Å². The summed E-state index contributed by atoms with van der Waals surface area (Å²) < 4.78 is 22.2. The van der Waals surface area contributed by atoms with Crippen LogP contribution in [0.25, 0.3) is 22.2 Å². The summed E-state index contributed by atoms with van der Waals surface area (Å²) in [6.07, 6.45) is 4.36. The lowest BCUT2D eigenvalue weighted by atomic mass is 9.84. The van der Waals surface area contributed by atoms with E-state index in [4.69, 9.17) is 16.3 Å². The lowest BCUT2D eigenvalue weighted by Crippen LogP contribution is -2.43. The molecule has 1 fully saturated rings. The van der Waals surface area contributed by atoms with Crippen molar-refractivity contribution in [1.82, 2.24) is 9.97 Å². The number of carboxylic acid groups (broad SMARTS) is 1. The van der Waals surface area contributed by atoms with Crippen LogP contribution < -0.4 is 9.64 Å². The number of H-pyrrole nitrogens is 1. The van der Waals surface area contributed by atoms with Crippen LogP contribution in [-0.4, -0.2) is 39.8 Å². The molecule has 1 aliphatic rings. The number of rotatable bonds is 7. The minimum absolute atomic E-state index is 0.0496. The maximum absolute atomic E-state index is 16.2. The molecule has 0 spiro atoms. The molecule has 3 aromatic carbocycles. The van der Waals surface area contributed by atoms with Crippen molar-refractivity contribution in [2.75, 3.05) is 18.0 Å². The summed E-state index contributed by atoms with van der Waals surface area (Å²) >= 11 is 6.07. The maximum atomic E-state index is 16.2. The van der Waals surface area contributed by atoms with Gasteiger partial charge in [-0.1, -0.05) is 48.0 Å². The molecule has 0 radical (unpaired) electrons. The first kappa shape index (κ1) is 25.9. The first-order valence-corrected chi connectivity index (χ1v) is 13.5. The number of benzene rings is 3. The van der Waals surface area contributed by atoms with E-state index in [9.17, 15) is 9.90 Å². The van der Waals surface area contributed by atoms with Crippen molar-refractivity contribution in [3.63, 3.8) is 0 Å². The van der Waals surface area contributed by atoms with Gasteiger partial charge in [0.15, 0.2) is 0 Å². The Balaban J connectivity index is 1.19. The molecule has 3 heterocycles. The average molecular weight is 556 g/mol. The van der Waals surface area contributed by atoms with Gasteiger partial charge in [-0.2, -0.15) is 0 Å². The highest BCUT2D eigenvalue weighted by Crippen LogP contribution is 2.37. The third kappa shape index (κ3) is 5.38. The quantitative estimate of drug-likeness (QED) is 0.213. The van der Waals surface area contributed by atoms with Gasteiger partial charge in [-0.15, -0.1) is 0 Å². The number of pyridine rings is 1. The number of carboxylic acids is 1. The molecule has 0 amide bonds. The van der Waals surface area contributed by atoms with Crippen LogP contribution in [-0.2, 0) is 6.42 Å². The van der Waals surface area contributed by atoms with Gasteiger partial charge in [0.1, 0.15) is 28.4 Å². The number of aromatic carboxylic acids is 1. The summed E-state index contributed by atoms with van der Waals surface area (Å²) in [5.74, 6) is -0.429. The van der Waals surface area contributed by atoms with E-state index in [2.05, 4.69) is 14.9 Å². The lowest BCUT2D eigenvalue weighted by molar-refractivity contribution is 0.0694. The molecule has 202 valence electrons. The van der Waals surface area contributed by atoms with Gasteiger partial charge < -0.3 is 19.7 Å². The third-order valence-electron chi connectivity index (χ3n) is 7.50. The molecule has 2 N–H and O–H groups in total. The van der Waals surface area contributed by atoms with Crippen molar-refractivity contribution < 1.29 is 19.0 Å². The molecule has 0 saturated carbocycles. The van der Waals surface area contributed by atoms with E-state index < -0.39 is 11.6 Å². The average Bonchev–Trinajstić information content (AvgIpc) is 3.42. The van der Waals surface area contributed by atoms with Gasteiger partial charge >= 0.3 is 5.97 Å². The van der Waals surface area contributed by atoms with Crippen LogP contribution in [0.3, 0.4) is 0 Å². The highest BCUT2D eigenvalue weighted by atomic mass is 35.5. The van der Waals surface area contributed by atoms with Crippen LogP contribution in [0.15, 0.2) is 91.3 Å². The van der Waals surface area contributed by atoms with E-state index in [1.54, 1.807) is 30.6 Å². The number of hydrogen-bond acceptors (Lipinski definition) is 4. The molecule has 40 heavy (non-hydrogen) atoms. The van der Waals surface area contributed by atoms with E-state index in [0.717, 1.165) is 33.4 Å². The standard InChI is InChI=1S/C32H27ClFN3O3/c33-24-7-5-21(6-8-24)27-4-2-1-3-23(27)19-32(34)12-15-37(16-13-32)25-9-10-28(31(38)39)29(18-25)40-26-17-22-11-14-35-30(22)36-20-26/h1-11,14,17-18,20H,12-13,15-16,19H2,(H,35,36)(H,38,39). The van der Waals surface area contributed by atoms with Gasteiger partial charge in [0, 0.05) is 47.9 Å². The molecule has 6 rings (SSSR count). The Labute approximate surface area is 236 Å². The van der Waals surface area contributed by atoms with Crippen LogP contribution in [0.2, 0.25) is 5.02 Å². The van der Waals surface area contributed by atoms with Crippen LogP contribution in [0.1, 0.15) is 28.8 Å². The minimum atomic E-state index is -1.35. The van der Waals surface area contributed by atoms with E-state index in [1.807, 2.05) is 54.6 Å². The molecule has 5 aromatic rings. The minimum Gasteiger partial charge on any atom is -0.478 e. The Hall–Kier alpha value is -4.36. The summed E-state index contributed by atoms with van der Waals surface area (Å²) in [5.41, 5.74) is 3.20. The van der Waals surface area contributed by atoms with Crippen LogP contribution >= 0.6 is 11.6 Å². The molecule has 6 nitrogen and oxygen atoms in total. The first-order valence-electron chi connectivity index (χ1n) is 13.1. The van der Waals surface area contributed by atoms with Crippen LogP contribution in [0, 0.1) is 0 Å². The number of hydrogen-bond donors (Lipinski definition) is 2. The topological polar surface area (TPSA) is 78.4 Å². The Bertz CT molecular complexity index is 1680. The summed E-state index contributed by atoms with van der Waals surface area (Å²) in [6, 6.07) is 24.2. The van der Waals surface area contributed by atoms with E-state index in [1.165, 1.54) is 6.07 Å². The van der Waals surface area contributed by atoms with Gasteiger partial charge in [-0.05, 0) is 65.9 Å². The highest BCUT2D eigenvalue weighted by molar-refractivity contribution is 6.30. The maximum Gasteiger partial charge on any atom is 0.339 e. The molecule has 8 heteroatoms. The number of nitrogens with zero attached hydrogens (tertiary/aromatic N) is 2. The van der Waals surface area contributed by atoms with Crippen molar-refractivity contribution in [2.24, 2.45) is 0 Å². The second-order valence-electron chi connectivity index (χ2n) is 10.2. The number of piperidine rings is 1. The normalized spacial score (nSPS) is 14.8. The zero-order valence-electron chi connectivity index (χ0n) is 21.6. The van der Waals surface area contributed by atoms with Gasteiger partial charge in [0.25, 0.3) is 0 Å². The fourth-order valence-electron chi connectivity index (χ4n) is 5.34. The number of halogens is 2. The van der Waals surface area contributed by atoms with Gasteiger partial charge in [0.2, 0.25) is 0 Å². The van der Waals surface area contributed by atoms with Crippen LogP contribution in [0.5, 0.6) is 11.5 Å². The molecular formula is C32H27ClFN3O3. The predicted octanol–water partition coefficient (Wildman–Crippen LogP) is 7.93. The zero-order valence-corrected chi connectivity index (χ0v) is 22.4. The Kier molecular flexibility index (Phi) is 6.90. The Morgan fingerprint density at radius 1 is 1.05 bits per heavy atom. The number of alkyl halides is 1. The zero-order chi connectivity index (χ0) is 27.7. The predicted molar refractivity (Wildman–Crippen MR) is 155 cm³/mol. The second kappa shape index (κ2) is 10.7. The molecule has 0 unspecified atom stereocenters. The fourth-order valence-corrected chi connectivity index (χ4v) is 5.47. The van der Waals surface area contributed by atoms with Gasteiger partial charge in [-0.3, -0.25) is 0 Å². The number of aromatic nitrogens is 2. The first-order chi connectivity index (χ1) is 19.4. The fraction of sp³-hybridized carbons (Fsp3) is 0.188. The van der Waals surface area contributed by atoms with Gasteiger partial charge in [0.05, 0.1) is 6.20 Å². The molecule has 2 aromatic heterocycles. The Morgan fingerprint density at radius 3 is 2.60 bits per heavy atom. The number of carbonyl (C=O) groups is 1. The summed E-state index contributed by atoms with van der Waals surface area (Å²) in [5, 5.41) is 11.3. The number of aromatic amines is 1. The number of fused-ring (bicyclic) bond motifs is 1. The van der Waals surface area contributed by atoms with Crippen molar-refractivity contribution >= 4 is 34.3 Å². The largest absolute Gasteiger partial charge is 0.478 e. The van der Waals surface area contributed by atoms with Crippen molar-refractivity contribution in [3.8, 4) is 22.6 Å². The number of anilines is 1. The lowest BCUT2D eigenvalue weighted by Gasteiger charge is -2.38. The smallest absolute Gasteiger partial charge is 0.339 e. The molecule has 1 saturated heterocycles. The van der Waals surface area contributed by atoms with Crippen molar-refractivity contribution in [2.45, 2.75) is 24.9 Å².